The van der Waals surface area contributed by atoms with E-state index in [2.05, 4.69) is 23.7 Å². The number of hydrogen-bond acceptors (Lipinski definition) is 1. The van der Waals surface area contributed by atoms with Gasteiger partial charge in [0.15, 0.2) is 0 Å². The Balaban J connectivity index is 2.04. The molecule has 86 valence electrons. The Hall–Kier alpha value is -2.48. The van der Waals surface area contributed by atoms with Crippen molar-refractivity contribution >= 4 is 0 Å². The van der Waals surface area contributed by atoms with Crippen molar-refractivity contribution < 1.29 is 5.11 Å². The third kappa shape index (κ3) is 3.52. The van der Waals surface area contributed by atoms with Crippen LogP contribution in [0.15, 0.2) is 60.7 Å². The fraction of sp³-hybridized carbons (Fsp3) is 0.0588. The Morgan fingerprint density at radius 2 is 1.39 bits per heavy atom. The number of rotatable bonds is 1. The van der Waals surface area contributed by atoms with Gasteiger partial charge in [-0.1, -0.05) is 60.4 Å². The van der Waals surface area contributed by atoms with Gasteiger partial charge in [0, 0.05) is 5.56 Å². The van der Waals surface area contributed by atoms with Crippen molar-refractivity contribution in [3.05, 3.63) is 71.8 Å². The zero-order chi connectivity index (χ0) is 12.6. The van der Waals surface area contributed by atoms with Crippen LogP contribution in [0.4, 0.5) is 0 Å². The largest absolute Gasteiger partial charge is 0.376 e. The lowest BCUT2D eigenvalue weighted by Gasteiger charge is -2.00. The molecule has 0 bridgehead atoms. The van der Waals surface area contributed by atoms with Crippen LogP contribution in [0.25, 0.3) is 0 Å². The zero-order valence-corrected chi connectivity index (χ0v) is 9.80. The molecular weight excluding hydrogens is 220 g/mol. The lowest BCUT2D eigenvalue weighted by atomic mass is 10.1. The zero-order valence-electron chi connectivity index (χ0n) is 9.80. The quantitative estimate of drug-likeness (QED) is 0.750. The molecule has 1 atom stereocenters. The molecule has 1 nitrogen and oxygen atoms in total. The lowest BCUT2D eigenvalue weighted by Crippen LogP contribution is -1.91. The minimum absolute atomic E-state index is 0.781. The van der Waals surface area contributed by atoms with Crippen molar-refractivity contribution in [1.82, 2.24) is 0 Å². The molecule has 0 amide bonds. The van der Waals surface area contributed by atoms with Gasteiger partial charge in [0.05, 0.1) is 0 Å². The summed E-state index contributed by atoms with van der Waals surface area (Å²) in [4.78, 5) is 0. The average molecular weight is 232 g/mol. The Labute approximate surface area is 107 Å². The topological polar surface area (TPSA) is 20.2 Å². The summed E-state index contributed by atoms with van der Waals surface area (Å²) in [6.07, 6.45) is -0.781. The van der Waals surface area contributed by atoms with Crippen molar-refractivity contribution in [2.24, 2.45) is 0 Å². The van der Waals surface area contributed by atoms with Gasteiger partial charge in [0.2, 0.25) is 0 Å². The molecule has 2 aromatic carbocycles. The highest BCUT2D eigenvalue weighted by Crippen LogP contribution is 2.09. The standard InChI is InChI=1S/C17H12O/c18-17(16-12-5-2-6-13-16)14-8-7-11-15-9-3-1-4-10-15/h1-6,9-10,12-13,17-18H. The average Bonchev–Trinajstić information content (AvgIpc) is 2.45. The second kappa shape index (κ2) is 6.30. The number of hydrogen-bond donors (Lipinski definition) is 1. The van der Waals surface area contributed by atoms with Crippen LogP contribution in [0.3, 0.4) is 0 Å². The van der Waals surface area contributed by atoms with Crippen LogP contribution in [0, 0.1) is 23.7 Å². The molecule has 0 aromatic heterocycles. The van der Waals surface area contributed by atoms with E-state index in [1.54, 1.807) is 0 Å². The number of aliphatic hydroxyl groups excluding tert-OH is 1. The first-order chi connectivity index (χ1) is 8.86. The normalized spacial score (nSPS) is 10.5. The maximum Gasteiger partial charge on any atom is 0.141 e. The van der Waals surface area contributed by atoms with E-state index in [4.69, 9.17) is 0 Å². The molecule has 1 N–H and O–H groups in total. The maximum absolute atomic E-state index is 9.78. The van der Waals surface area contributed by atoms with E-state index in [0.29, 0.717) is 0 Å². The second-order valence-electron chi connectivity index (χ2n) is 3.70. The first-order valence-corrected chi connectivity index (χ1v) is 5.66. The monoisotopic (exact) mass is 232 g/mol. The summed E-state index contributed by atoms with van der Waals surface area (Å²) in [5, 5.41) is 9.78. The van der Waals surface area contributed by atoms with Gasteiger partial charge in [0.25, 0.3) is 0 Å². The first-order valence-electron chi connectivity index (χ1n) is 5.66. The Morgan fingerprint density at radius 3 is 2.06 bits per heavy atom. The summed E-state index contributed by atoms with van der Waals surface area (Å²) in [5.74, 6) is 11.0. The smallest absolute Gasteiger partial charge is 0.141 e. The third-order valence-electron chi connectivity index (χ3n) is 2.37. The fourth-order valence-corrected chi connectivity index (χ4v) is 1.45. The third-order valence-corrected chi connectivity index (χ3v) is 2.37. The molecule has 1 heteroatoms. The molecule has 0 aliphatic rings. The van der Waals surface area contributed by atoms with Gasteiger partial charge < -0.3 is 5.11 Å². The number of benzene rings is 2. The summed E-state index contributed by atoms with van der Waals surface area (Å²) >= 11 is 0. The molecule has 2 rings (SSSR count). The molecule has 0 saturated carbocycles. The highest BCUT2D eigenvalue weighted by atomic mass is 16.3. The van der Waals surface area contributed by atoms with Crippen molar-refractivity contribution in [3.8, 4) is 23.7 Å². The molecule has 2 aromatic rings. The van der Waals surface area contributed by atoms with Gasteiger partial charge in [-0.05, 0) is 29.5 Å². The first kappa shape index (κ1) is 12.0. The molecule has 0 heterocycles. The van der Waals surface area contributed by atoms with Crippen molar-refractivity contribution in [2.75, 3.05) is 0 Å². The predicted octanol–water partition coefficient (Wildman–Crippen LogP) is 2.78. The summed E-state index contributed by atoms with van der Waals surface area (Å²) < 4.78 is 0. The van der Waals surface area contributed by atoms with Crippen LogP contribution in [0.5, 0.6) is 0 Å². The molecule has 1 unspecified atom stereocenters. The van der Waals surface area contributed by atoms with Gasteiger partial charge in [-0.2, -0.15) is 0 Å². The van der Waals surface area contributed by atoms with Crippen LogP contribution >= 0.6 is 0 Å². The van der Waals surface area contributed by atoms with E-state index in [0.717, 1.165) is 11.1 Å². The van der Waals surface area contributed by atoms with Crippen LogP contribution < -0.4 is 0 Å². The SMILES string of the molecule is OC(C#CC#Cc1ccccc1)c1ccccc1. The van der Waals surface area contributed by atoms with Gasteiger partial charge in [-0.25, -0.2) is 0 Å². The van der Waals surface area contributed by atoms with E-state index < -0.39 is 6.10 Å². The van der Waals surface area contributed by atoms with Gasteiger partial charge in [-0.15, -0.1) is 0 Å². The maximum atomic E-state index is 9.78. The molecule has 0 saturated heterocycles. The summed E-state index contributed by atoms with van der Waals surface area (Å²) in [6.45, 7) is 0. The molecule has 0 aliphatic carbocycles. The van der Waals surface area contributed by atoms with E-state index in [1.807, 2.05) is 60.7 Å². The van der Waals surface area contributed by atoms with E-state index in [1.165, 1.54) is 0 Å². The van der Waals surface area contributed by atoms with Crippen LogP contribution in [-0.2, 0) is 0 Å². The van der Waals surface area contributed by atoms with Crippen molar-refractivity contribution in [1.29, 1.82) is 0 Å². The Morgan fingerprint density at radius 1 is 0.778 bits per heavy atom. The number of aliphatic hydroxyl groups is 1. The van der Waals surface area contributed by atoms with Crippen molar-refractivity contribution in [2.45, 2.75) is 6.10 Å². The Kier molecular flexibility index (Phi) is 4.20. The van der Waals surface area contributed by atoms with E-state index in [-0.39, 0.29) is 0 Å². The molecular formula is C17H12O. The predicted molar refractivity (Wildman–Crippen MR) is 72.5 cm³/mol. The van der Waals surface area contributed by atoms with E-state index in [9.17, 15) is 5.11 Å². The van der Waals surface area contributed by atoms with Gasteiger partial charge in [-0.3, -0.25) is 0 Å². The summed E-state index contributed by atoms with van der Waals surface area (Å²) in [5.41, 5.74) is 1.70. The fourth-order valence-electron chi connectivity index (χ4n) is 1.45. The van der Waals surface area contributed by atoms with Crippen LogP contribution in [-0.4, -0.2) is 5.11 Å². The lowest BCUT2D eigenvalue weighted by molar-refractivity contribution is 0.238. The highest BCUT2D eigenvalue weighted by molar-refractivity contribution is 5.40. The molecule has 18 heavy (non-hydrogen) atoms. The molecule has 0 radical (unpaired) electrons. The molecule has 0 spiro atoms. The van der Waals surface area contributed by atoms with Gasteiger partial charge >= 0.3 is 0 Å². The highest BCUT2D eigenvalue weighted by Gasteiger charge is 2.00. The van der Waals surface area contributed by atoms with E-state index >= 15 is 0 Å². The van der Waals surface area contributed by atoms with Crippen LogP contribution in [0.1, 0.15) is 17.2 Å². The minimum Gasteiger partial charge on any atom is -0.376 e. The molecule has 0 aliphatic heterocycles. The summed E-state index contributed by atoms with van der Waals surface area (Å²) in [7, 11) is 0. The molecule has 0 fully saturated rings. The second-order valence-corrected chi connectivity index (χ2v) is 3.70. The van der Waals surface area contributed by atoms with Crippen molar-refractivity contribution in [3.63, 3.8) is 0 Å². The van der Waals surface area contributed by atoms with Gasteiger partial charge in [0.1, 0.15) is 6.10 Å². The minimum atomic E-state index is -0.781. The Bertz CT molecular complexity index is 607. The van der Waals surface area contributed by atoms with Crippen LogP contribution in [0.2, 0.25) is 0 Å². The summed E-state index contributed by atoms with van der Waals surface area (Å²) in [6, 6.07) is 19.0.